The second-order valence-corrected chi connectivity index (χ2v) is 7.17. The molecule has 2 N–H and O–H groups in total. The molecule has 0 saturated carbocycles. The molecule has 3 heterocycles. The van der Waals surface area contributed by atoms with Gasteiger partial charge in [0, 0.05) is 29.9 Å². The lowest BCUT2D eigenvalue weighted by Crippen LogP contribution is -2.22. The maximum atomic E-state index is 12.7. The molecule has 152 valence electrons. The number of aromatic nitrogens is 2. The van der Waals surface area contributed by atoms with Crippen molar-refractivity contribution >= 4 is 34.9 Å². The van der Waals surface area contributed by atoms with E-state index in [2.05, 4.69) is 25.8 Å². The van der Waals surface area contributed by atoms with Crippen LogP contribution in [0.4, 0.5) is 5.82 Å². The van der Waals surface area contributed by atoms with Crippen LogP contribution in [0.15, 0.2) is 52.2 Å². The normalized spacial score (nSPS) is 14.3. The summed E-state index contributed by atoms with van der Waals surface area (Å²) < 4.78 is 5.84. The Morgan fingerprint density at radius 3 is 2.73 bits per heavy atom. The van der Waals surface area contributed by atoms with Crippen LogP contribution in [0, 0.1) is 6.92 Å². The zero-order valence-corrected chi connectivity index (χ0v) is 16.9. The van der Waals surface area contributed by atoms with E-state index in [4.69, 9.17) is 16.0 Å². The highest BCUT2D eigenvalue weighted by atomic mass is 35.5. The number of anilines is 1. The molecular weight excluding hydrogens is 406 g/mol. The second-order valence-electron chi connectivity index (χ2n) is 6.74. The number of aryl methyl sites for hydroxylation is 1. The number of hydrogen-bond donors (Lipinski definition) is 2. The standard InChI is InChI=1S/C21H18ClN5O3/c1-12-18-14(26-27-20(28)15-5-2-3-10-23-15)6-4-7-16(18)30-19(12)21(29)25-17-9-8-13(22)11-24-17/h2-3,5,8-11H,4,6-7H2,1H3,(H,27,28)(H,24,25,29)/b26-14+. The van der Waals surface area contributed by atoms with Crippen molar-refractivity contribution in [3.05, 3.63) is 76.1 Å². The van der Waals surface area contributed by atoms with Gasteiger partial charge in [-0.1, -0.05) is 17.7 Å². The highest BCUT2D eigenvalue weighted by Gasteiger charge is 2.28. The Hall–Kier alpha value is -3.52. The van der Waals surface area contributed by atoms with Gasteiger partial charge in [0.25, 0.3) is 11.8 Å². The van der Waals surface area contributed by atoms with Crippen molar-refractivity contribution in [3.8, 4) is 0 Å². The summed E-state index contributed by atoms with van der Waals surface area (Å²) in [5.41, 5.74) is 4.92. The molecule has 3 aromatic heterocycles. The van der Waals surface area contributed by atoms with Gasteiger partial charge in [-0.25, -0.2) is 10.4 Å². The molecule has 8 nitrogen and oxygen atoms in total. The fourth-order valence-electron chi connectivity index (χ4n) is 3.29. The average molecular weight is 424 g/mol. The number of carbonyl (C=O) groups excluding carboxylic acids is 2. The number of nitrogens with zero attached hydrogens (tertiary/aromatic N) is 3. The summed E-state index contributed by atoms with van der Waals surface area (Å²) in [6.07, 6.45) is 5.15. The van der Waals surface area contributed by atoms with Crippen molar-refractivity contribution in [2.24, 2.45) is 5.10 Å². The zero-order valence-electron chi connectivity index (χ0n) is 16.1. The molecule has 0 fully saturated rings. The van der Waals surface area contributed by atoms with E-state index >= 15 is 0 Å². The van der Waals surface area contributed by atoms with E-state index in [0.29, 0.717) is 40.7 Å². The molecule has 0 spiro atoms. The van der Waals surface area contributed by atoms with E-state index in [1.807, 2.05) is 0 Å². The minimum Gasteiger partial charge on any atom is -0.455 e. The van der Waals surface area contributed by atoms with Crippen LogP contribution >= 0.6 is 11.6 Å². The molecule has 0 radical (unpaired) electrons. The number of fused-ring (bicyclic) bond motifs is 1. The van der Waals surface area contributed by atoms with E-state index in [9.17, 15) is 9.59 Å². The van der Waals surface area contributed by atoms with Crippen LogP contribution in [-0.4, -0.2) is 27.5 Å². The molecule has 30 heavy (non-hydrogen) atoms. The first kappa shape index (κ1) is 19.8. The molecule has 0 unspecified atom stereocenters. The lowest BCUT2D eigenvalue weighted by atomic mass is 9.93. The van der Waals surface area contributed by atoms with Crippen LogP contribution in [0.3, 0.4) is 0 Å². The van der Waals surface area contributed by atoms with Crippen LogP contribution in [-0.2, 0) is 6.42 Å². The maximum absolute atomic E-state index is 12.7. The maximum Gasteiger partial charge on any atom is 0.292 e. The Balaban J connectivity index is 1.56. The first-order valence-corrected chi connectivity index (χ1v) is 9.74. The number of halogens is 1. The van der Waals surface area contributed by atoms with Crippen molar-refractivity contribution < 1.29 is 14.0 Å². The van der Waals surface area contributed by atoms with Crippen LogP contribution in [0.5, 0.6) is 0 Å². The quantitative estimate of drug-likeness (QED) is 0.621. The largest absolute Gasteiger partial charge is 0.455 e. The topological polar surface area (TPSA) is 109 Å². The molecule has 0 bridgehead atoms. The van der Waals surface area contributed by atoms with Gasteiger partial charge in [0.05, 0.1) is 10.7 Å². The molecule has 0 atom stereocenters. The number of hydrazone groups is 1. The van der Waals surface area contributed by atoms with E-state index in [-0.39, 0.29) is 11.5 Å². The third-order valence-electron chi connectivity index (χ3n) is 4.69. The number of rotatable bonds is 4. The fraction of sp³-hybridized carbons (Fsp3) is 0.190. The molecule has 0 aliphatic heterocycles. The number of nitrogens with one attached hydrogen (secondary N) is 2. The third-order valence-corrected chi connectivity index (χ3v) is 4.91. The molecule has 2 amide bonds. The average Bonchev–Trinajstić information content (AvgIpc) is 3.11. The number of furan rings is 1. The number of carbonyl (C=O) groups is 2. The van der Waals surface area contributed by atoms with Gasteiger partial charge in [-0.2, -0.15) is 5.10 Å². The molecular formula is C21H18ClN5O3. The van der Waals surface area contributed by atoms with Gasteiger partial charge in [-0.05, 0) is 44.0 Å². The molecule has 9 heteroatoms. The summed E-state index contributed by atoms with van der Waals surface area (Å²) in [7, 11) is 0. The Morgan fingerprint density at radius 2 is 2.00 bits per heavy atom. The lowest BCUT2D eigenvalue weighted by molar-refractivity contribution is 0.0948. The Morgan fingerprint density at radius 1 is 1.13 bits per heavy atom. The van der Waals surface area contributed by atoms with Crippen molar-refractivity contribution in [3.63, 3.8) is 0 Å². The van der Waals surface area contributed by atoms with E-state index < -0.39 is 11.8 Å². The Bertz CT molecular complexity index is 1120. The third kappa shape index (κ3) is 4.08. The van der Waals surface area contributed by atoms with Gasteiger partial charge in [-0.15, -0.1) is 0 Å². The van der Waals surface area contributed by atoms with E-state index in [0.717, 1.165) is 12.0 Å². The first-order chi connectivity index (χ1) is 14.5. The first-order valence-electron chi connectivity index (χ1n) is 9.36. The minimum absolute atomic E-state index is 0.197. The molecule has 0 saturated heterocycles. The summed E-state index contributed by atoms with van der Waals surface area (Å²) >= 11 is 5.83. The Kier molecular flexibility index (Phi) is 5.58. The van der Waals surface area contributed by atoms with Crippen LogP contribution < -0.4 is 10.7 Å². The predicted molar refractivity (Wildman–Crippen MR) is 112 cm³/mol. The van der Waals surface area contributed by atoms with Gasteiger partial charge >= 0.3 is 0 Å². The van der Waals surface area contributed by atoms with Crippen LogP contribution in [0.25, 0.3) is 0 Å². The second kappa shape index (κ2) is 8.46. The van der Waals surface area contributed by atoms with Crippen molar-refractivity contribution in [2.45, 2.75) is 26.2 Å². The highest BCUT2D eigenvalue weighted by molar-refractivity contribution is 6.30. The summed E-state index contributed by atoms with van der Waals surface area (Å²) in [6, 6.07) is 8.32. The molecule has 1 aliphatic rings. The number of hydrogen-bond acceptors (Lipinski definition) is 6. The smallest absolute Gasteiger partial charge is 0.292 e. The Labute approximate surface area is 177 Å². The SMILES string of the molecule is Cc1c(C(=O)Nc2ccc(Cl)cn2)oc2c1/C(=N/NC(=O)c1ccccn1)CCC2. The summed E-state index contributed by atoms with van der Waals surface area (Å²) in [5, 5.41) is 7.47. The molecule has 4 rings (SSSR count). The highest BCUT2D eigenvalue weighted by Crippen LogP contribution is 2.30. The lowest BCUT2D eigenvalue weighted by Gasteiger charge is -2.13. The monoisotopic (exact) mass is 423 g/mol. The van der Waals surface area contributed by atoms with Crippen molar-refractivity contribution in [1.29, 1.82) is 0 Å². The summed E-state index contributed by atoms with van der Waals surface area (Å²) in [5.74, 6) is 0.438. The molecule has 3 aromatic rings. The van der Waals surface area contributed by atoms with Crippen LogP contribution in [0.2, 0.25) is 5.02 Å². The number of pyridine rings is 2. The van der Waals surface area contributed by atoms with E-state index in [1.54, 1.807) is 43.5 Å². The van der Waals surface area contributed by atoms with E-state index in [1.165, 1.54) is 6.20 Å². The molecule has 0 aromatic carbocycles. The van der Waals surface area contributed by atoms with Gasteiger partial charge < -0.3 is 9.73 Å². The summed E-state index contributed by atoms with van der Waals surface area (Å²) in [4.78, 5) is 33.0. The van der Waals surface area contributed by atoms with Crippen LogP contribution in [0.1, 0.15) is 50.8 Å². The summed E-state index contributed by atoms with van der Waals surface area (Å²) in [6.45, 7) is 1.80. The zero-order chi connectivity index (χ0) is 21.1. The van der Waals surface area contributed by atoms with Gasteiger partial charge in [-0.3, -0.25) is 14.6 Å². The van der Waals surface area contributed by atoms with Gasteiger partial charge in [0.1, 0.15) is 17.3 Å². The van der Waals surface area contributed by atoms with Gasteiger partial charge in [0.2, 0.25) is 0 Å². The van der Waals surface area contributed by atoms with Crippen molar-refractivity contribution in [2.75, 3.05) is 5.32 Å². The minimum atomic E-state index is -0.409. The fourth-order valence-corrected chi connectivity index (χ4v) is 3.40. The molecule has 1 aliphatic carbocycles. The predicted octanol–water partition coefficient (Wildman–Crippen LogP) is 3.75. The number of amides is 2. The van der Waals surface area contributed by atoms with Crippen molar-refractivity contribution in [1.82, 2.24) is 15.4 Å². The van der Waals surface area contributed by atoms with Gasteiger partial charge in [0.15, 0.2) is 5.76 Å².